The third-order valence-corrected chi connectivity index (χ3v) is 8.90. The van der Waals surface area contributed by atoms with Gasteiger partial charge < -0.3 is 4.42 Å². The van der Waals surface area contributed by atoms with Crippen LogP contribution in [0.4, 0.5) is 0 Å². The lowest BCUT2D eigenvalue weighted by Gasteiger charge is -2.16. The summed E-state index contributed by atoms with van der Waals surface area (Å²) in [6.07, 6.45) is 1.49. The van der Waals surface area contributed by atoms with Gasteiger partial charge in [-0.25, -0.2) is 19.9 Å². The summed E-state index contributed by atoms with van der Waals surface area (Å²) in [5.41, 5.74) is 11.3. The number of benzene rings is 7. The van der Waals surface area contributed by atoms with Crippen molar-refractivity contribution >= 4 is 21.9 Å². The summed E-state index contributed by atoms with van der Waals surface area (Å²) in [4.78, 5) is 19.1. The van der Waals surface area contributed by atoms with Crippen molar-refractivity contribution in [2.24, 2.45) is 0 Å². The molecule has 0 N–H and O–H groups in total. The third kappa shape index (κ3) is 5.43. The molecular weight excluding hydrogens is 601 g/mol. The first kappa shape index (κ1) is 28.5. The molecule has 0 saturated carbocycles. The molecular formula is C44H28N4O. The predicted octanol–water partition coefficient (Wildman–Crippen LogP) is 11.2. The quantitative estimate of drug-likeness (QED) is 0.183. The van der Waals surface area contributed by atoms with Crippen LogP contribution in [0.5, 0.6) is 0 Å². The first-order chi connectivity index (χ1) is 24.3. The average molecular weight is 629 g/mol. The number of oxazole rings is 1. The summed E-state index contributed by atoms with van der Waals surface area (Å²) < 4.78 is 5.47. The minimum Gasteiger partial charge on any atom is -0.443 e. The van der Waals surface area contributed by atoms with Crippen LogP contribution in [0.25, 0.3) is 89.4 Å². The van der Waals surface area contributed by atoms with E-state index in [-0.39, 0.29) is 0 Å². The summed E-state index contributed by atoms with van der Waals surface area (Å²) in [5, 5.41) is 2.38. The van der Waals surface area contributed by atoms with E-state index in [2.05, 4.69) is 102 Å². The predicted molar refractivity (Wildman–Crippen MR) is 198 cm³/mol. The lowest BCUT2D eigenvalue weighted by Crippen LogP contribution is -2.00. The molecule has 0 amide bonds. The normalized spacial score (nSPS) is 11.3. The van der Waals surface area contributed by atoms with E-state index in [0.717, 1.165) is 55.6 Å². The number of rotatable bonds is 6. The molecule has 9 aromatic rings. The Morgan fingerprint density at radius 2 is 0.939 bits per heavy atom. The van der Waals surface area contributed by atoms with Crippen LogP contribution in [0.15, 0.2) is 175 Å². The molecule has 2 heterocycles. The van der Waals surface area contributed by atoms with Gasteiger partial charge in [-0.3, -0.25) is 0 Å². The van der Waals surface area contributed by atoms with E-state index in [0.29, 0.717) is 17.5 Å². The van der Waals surface area contributed by atoms with Gasteiger partial charge in [0.05, 0.1) is 0 Å². The monoisotopic (exact) mass is 628 g/mol. The number of hydrogen-bond acceptors (Lipinski definition) is 5. The molecule has 2 aromatic heterocycles. The standard InChI is InChI=1S/C44H28N4O/c1-3-11-31(12-4-1)42-46-43(32-13-5-2-6-14-32)48-44(47-42)33-20-18-30(19-21-33)41-37-17-8-7-10-29(37)22-24-38(41)36-16-9-15-34(26-36)35-23-25-40-39(27-35)45-28-49-40/h1-28H. The lowest BCUT2D eigenvalue weighted by molar-refractivity contribution is 0.602. The Bertz CT molecular complexity index is 2540. The summed E-state index contributed by atoms with van der Waals surface area (Å²) in [6.45, 7) is 0. The smallest absolute Gasteiger partial charge is 0.181 e. The highest BCUT2D eigenvalue weighted by Crippen LogP contribution is 2.40. The van der Waals surface area contributed by atoms with Crippen LogP contribution in [0.3, 0.4) is 0 Å². The van der Waals surface area contributed by atoms with E-state index < -0.39 is 0 Å². The van der Waals surface area contributed by atoms with Gasteiger partial charge in [0.1, 0.15) is 5.52 Å². The molecule has 9 rings (SSSR count). The van der Waals surface area contributed by atoms with Gasteiger partial charge in [0.25, 0.3) is 0 Å². The molecule has 49 heavy (non-hydrogen) atoms. The molecule has 5 nitrogen and oxygen atoms in total. The molecule has 0 spiro atoms. The van der Waals surface area contributed by atoms with Gasteiger partial charge in [0.2, 0.25) is 0 Å². The van der Waals surface area contributed by atoms with Crippen molar-refractivity contribution in [3.63, 3.8) is 0 Å². The van der Waals surface area contributed by atoms with E-state index in [9.17, 15) is 0 Å². The van der Waals surface area contributed by atoms with Crippen molar-refractivity contribution in [1.29, 1.82) is 0 Å². The van der Waals surface area contributed by atoms with Crippen molar-refractivity contribution in [3.05, 3.63) is 170 Å². The lowest BCUT2D eigenvalue weighted by atomic mass is 9.88. The minimum absolute atomic E-state index is 0.634. The fraction of sp³-hybridized carbons (Fsp3) is 0. The molecule has 0 unspecified atom stereocenters. The second-order valence-electron chi connectivity index (χ2n) is 11.9. The van der Waals surface area contributed by atoms with Crippen molar-refractivity contribution in [2.45, 2.75) is 0 Å². The maximum Gasteiger partial charge on any atom is 0.181 e. The van der Waals surface area contributed by atoms with Crippen LogP contribution in [-0.4, -0.2) is 19.9 Å². The van der Waals surface area contributed by atoms with Crippen molar-refractivity contribution in [2.75, 3.05) is 0 Å². The number of aromatic nitrogens is 4. The van der Waals surface area contributed by atoms with Crippen LogP contribution >= 0.6 is 0 Å². The maximum absolute atomic E-state index is 5.47. The molecule has 0 radical (unpaired) electrons. The van der Waals surface area contributed by atoms with E-state index in [1.807, 2.05) is 66.7 Å². The van der Waals surface area contributed by atoms with E-state index in [1.165, 1.54) is 22.7 Å². The van der Waals surface area contributed by atoms with Gasteiger partial charge in [-0.05, 0) is 62.4 Å². The summed E-state index contributed by atoms with van der Waals surface area (Å²) in [5.74, 6) is 1.93. The SMILES string of the molecule is c1ccc(-c2nc(-c3ccccc3)nc(-c3ccc(-c4c(-c5cccc(-c6ccc7ocnc7c6)c5)ccc5ccccc45)cc3)n2)cc1. The zero-order valence-corrected chi connectivity index (χ0v) is 26.4. The zero-order valence-electron chi connectivity index (χ0n) is 26.4. The van der Waals surface area contributed by atoms with Crippen LogP contribution in [0.2, 0.25) is 0 Å². The zero-order chi connectivity index (χ0) is 32.6. The van der Waals surface area contributed by atoms with Gasteiger partial charge in [-0.2, -0.15) is 0 Å². The first-order valence-electron chi connectivity index (χ1n) is 16.2. The molecule has 7 aromatic carbocycles. The highest BCUT2D eigenvalue weighted by Gasteiger charge is 2.16. The molecule has 0 aliphatic carbocycles. The Kier molecular flexibility index (Phi) is 7.06. The summed E-state index contributed by atoms with van der Waals surface area (Å²) >= 11 is 0. The summed E-state index contributed by atoms with van der Waals surface area (Å²) in [6, 6.07) is 56.5. The maximum atomic E-state index is 5.47. The number of nitrogens with zero attached hydrogens (tertiary/aromatic N) is 4. The molecule has 0 bridgehead atoms. The Balaban J connectivity index is 1.15. The highest BCUT2D eigenvalue weighted by atomic mass is 16.3. The van der Waals surface area contributed by atoms with Crippen LogP contribution in [-0.2, 0) is 0 Å². The largest absolute Gasteiger partial charge is 0.443 e. The molecule has 230 valence electrons. The Hall–Kier alpha value is -6.72. The van der Waals surface area contributed by atoms with Crippen LogP contribution < -0.4 is 0 Å². The van der Waals surface area contributed by atoms with Gasteiger partial charge in [-0.1, -0.05) is 146 Å². The first-order valence-corrected chi connectivity index (χ1v) is 16.2. The Labute approximate surface area is 283 Å². The molecule has 0 aliphatic heterocycles. The van der Waals surface area contributed by atoms with E-state index in [4.69, 9.17) is 19.4 Å². The molecule has 0 aliphatic rings. The highest BCUT2D eigenvalue weighted by molar-refractivity contribution is 6.04. The van der Waals surface area contributed by atoms with Crippen LogP contribution in [0.1, 0.15) is 0 Å². The van der Waals surface area contributed by atoms with Gasteiger partial charge in [-0.15, -0.1) is 0 Å². The fourth-order valence-corrected chi connectivity index (χ4v) is 6.45. The van der Waals surface area contributed by atoms with Gasteiger partial charge >= 0.3 is 0 Å². The number of fused-ring (bicyclic) bond motifs is 2. The Morgan fingerprint density at radius 3 is 1.65 bits per heavy atom. The topological polar surface area (TPSA) is 64.7 Å². The van der Waals surface area contributed by atoms with Crippen LogP contribution in [0, 0.1) is 0 Å². The molecule has 5 heteroatoms. The number of hydrogen-bond donors (Lipinski definition) is 0. The molecule has 0 saturated heterocycles. The van der Waals surface area contributed by atoms with E-state index in [1.54, 1.807) is 0 Å². The van der Waals surface area contributed by atoms with Gasteiger partial charge in [0, 0.05) is 16.7 Å². The van der Waals surface area contributed by atoms with Crippen molar-refractivity contribution < 1.29 is 4.42 Å². The second-order valence-corrected chi connectivity index (χ2v) is 11.9. The molecule has 0 fully saturated rings. The van der Waals surface area contributed by atoms with E-state index >= 15 is 0 Å². The minimum atomic E-state index is 0.634. The summed E-state index contributed by atoms with van der Waals surface area (Å²) in [7, 11) is 0. The third-order valence-electron chi connectivity index (χ3n) is 8.90. The van der Waals surface area contributed by atoms with Crippen molar-refractivity contribution in [1.82, 2.24) is 19.9 Å². The second kappa shape index (κ2) is 12.1. The molecule has 0 atom stereocenters. The fourth-order valence-electron chi connectivity index (χ4n) is 6.45. The Morgan fingerprint density at radius 1 is 0.388 bits per heavy atom. The average Bonchev–Trinajstić information content (AvgIpc) is 3.66. The van der Waals surface area contributed by atoms with Gasteiger partial charge in [0.15, 0.2) is 29.4 Å². The van der Waals surface area contributed by atoms with Crippen molar-refractivity contribution in [3.8, 4) is 67.5 Å².